The van der Waals surface area contributed by atoms with Crippen molar-refractivity contribution in [2.75, 3.05) is 13.2 Å². The third kappa shape index (κ3) is 7.16. The van der Waals surface area contributed by atoms with Crippen molar-refractivity contribution in [2.45, 2.75) is 52.5 Å². The standard InChI is InChI=1S/C19H30NO2PS/c1-16(2)8-7-9-17(3)12-13-21-23(24)20-19(15-22-23)14-18-10-5-4-6-11-18/h4-6,8,10-11,17,19H,7,9,12-15H2,1-3H3,(H,20,24)/t17?,19-,23?/m0/s1. The van der Waals surface area contributed by atoms with E-state index in [0.717, 1.165) is 19.3 Å². The molecule has 0 amide bonds. The summed E-state index contributed by atoms with van der Waals surface area (Å²) >= 11 is 5.58. The van der Waals surface area contributed by atoms with Crippen LogP contribution in [0.15, 0.2) is 42.0 Å². The predicted molar refractivity (Wildman–Crippen MR) is 106 cm³/mol. The van der Waals surface area contributed by atoms with E-state index in [1.54, 1.807) is 0 Å². The van der Waals surface area contributed by atoms with E-state index in [4.69, 9.17) is 20.9 Å². The van der Waals surface area contributed by atoms with Crippen molar-refractivity contribution in [2.24, 2.45) is 5.92 Å². The smallest absolute Gasteiger partial charge is 0.261 e. The second-order valence-electron chi connectivity index (χ2n) is 6.89. The van der Waals surface area contributed by atoms with Crippen molar-refractivity contribution in [1.29, 1.82) is 0 Å². The fourth-order valence-electron chi connectivity index (χ4n) is 2.74. The second kappa shape index (κ2) is 9.84. The Labute approximate surface area is 152 Å². The summed E-state index contributed by atoms with van der Waals surface area (Å²) < 4.78 is 11.7. The Hall–Kier alpha value is -0.510. The lowest BCUT2D eigenvalue weighted by atomic mass is 10.0. The third-order valence-corrected chi connectivity index (χ3v) is 6.84. The summed E-state index contributed by atoms with van der Waals surface area (Å²) in [5.41, 5.74) is 2.69. The van der Waals surface area contributed by atoms with Gasteiger partial charge in [-0.05, 0) is 62.8 Å². The average Bonchev–Trinajstić information content (AvgIpc) is 2.89. The van der Waals surface area contributed by atoms with Crippen LogP contribution in [0.4, 0.5) is 0 Å². The highest BCUT2D eigenvalue weighted by molar-refractivity contribution is 8.09. The molecular weight excluding hydrogens is 337 g/mol. The lowest BCUT2D eigenvalue weighted by Gasteiger charge is -2.18. The van der Waals surface area contributed by atoms with Crippen LogP contribution >= 0.6 is 6.64 Å². The molecule has 2 unspecified atom stereocenters. The lowest BCUT2D eigenvalue weighted by molar-refractivity contribution is 0.248. The molecule has 3 atom stereocenters. The molecule has 1 aromatic carbocycles. The maximum absolute atomic E-state index is 5.93. The summed E-state index contributed by atoms with van der Waals surface area (Å²) in [6.45, 7) is 5.60. The van der Waals surface area contributed by atoms with Crippen LogP contribution in [0.25, 0.3) is 0 Å². The molecule has 1 N–H and O–H groups in total. The van der Waals surface area contributed by atoms with Gasteiger partial charge in [0.1, 0.15) is 0 Å². The number of rotatable bonds is 9. The second-order valence-corrected chi connectivity index (χ2v) is 10.1. The maximum atomic E-state index is 5.93. The Morgan fingerprint density at radius 3 is 2.83 bits per heavy atom. The molecule has 0 aromatic heterocycles. The van der Waals surface area contributed by atoms with Crippen molar-refractivity contribution in [3.05, 3.63) is 47.5 Å². The van der Waals surface area contributed by atoms with Crippen molar-refractivity contribution in [3.63, 3.8) is 0 Å². The quantitative estimate of drug-likeness (QED) is 0.478. The maximum Gasteiger partial charge on any atom is 0.261 e. The Morgan fingerprint density at radius 1 is 1.38 bits per heavy atom. The van der Waals surface area contributed by atoms with Gasteiger partial charge in [0, 0.05) is 6.04 Å². The molecule has 1 aliphatic heterocycles. The molecule has 1 fully saturated rings. The molecular formula is C19H30NO2PS. The first-order valence-electron chi connectivity index (χ1n) is 8.81. The number of benzene rings is 1. The molecule has 5 heteroatoms. The minimum Gasteiger partial charge on any atom is -0.318 e. The van der Waals surface area contributed by atoms with Gasteiger partial charge in [0.05, 0.1) is 13.2 Å². The van der Waals surface area contributed by atoms with E-state index < -0.39 is 6.64 Å². The fourth-order valence-corrected chi connectivity index (χ4v) is 5.15. The van der Waals surface area contributed by atoms with Gasteiger partial charge in [0.2, 0.25) is 0 Å². The van der Waals surface area contributed by atoms with Gasteiger partial charge < -0.3 is 9.05 Å². The summed E-state index contributed by atoms with van der Waals surface area (Å²) in [6.07, 6.45) is 6.60. The van der Waals surface area contributed by atoms with Gasteiger partial charge in [-0.3, -0.25) is 0 Å². The number of nitrogens with one attached hydrogen (secondary N) is 1. The van der Waals surface area contributed by atoms with Crippen LogP contribution in [0.3, 0.4) is 0 Å². The van der Waals surface area contributed by atoms with Crippen LogP contribution < -0.4 is 5.09 Å². The van der Waals surface area contributed by atoms with E-state index in [0.29, 0.717) is 19.1 Å². The highest BCUT2D eigenvalue weighted by Crippen LogP contribution is 2.49. The van der Waals surface area contributed by atoms with Crippen LogP contribution in [0.2, 0.25) is 0 Å². The van der Waals surface area contributed by atoms with Crippen molar-refractivity contribution in [3.8, 4) is 0 Å². The van der Waals surface area contributed by atoms with E-state index in [1.165, 1.54) is 17.6 Å². The lowest BCUT2D eigenvalue weighted by Crippen LogP contribution is -2.24. The molecule has 0 saturated carbocycles. The first-order chi connectivity index (χ1) is 11.5. The predicted octanol–water partition coefficient (Wildman–Crippen LogP) is 5.23. The van der Waals surface area contributed by atoms with Crippen molar-refractivity contribution < 1.29 is 9.05 Å². The van der Waals surface area contributed by atoms with Gasteiger partial charge in [-0.2, -0.15) is 0 Å². The normalized spacial score (nSPS) is 24.7. The van der Waals surface area contributed by atoms with Gasteiger partial charge in [-0.1, -0.05) is 48.9 Å². The Kier molecular flexibility index (Phi) is 8.12. The van der Waals surface area contributed by atoms with Gasteiger partial charge >= 0.3 is 0 Å². The monoisotopic (exact) mass is 367 g/mol. The summed E-state index contributed by atoms with van der Waals surface area (Å²) in [6, 6.07) is 10.7. The minimum atomic E-state index is -2.29. The molecule has 1 aliphatic rings. The summed E-state index contributed by atoms with van der Waals surface area (Å²) in [4.78, 5) is 0. The largest absolute Gasteiger partial charge is 0.318 e. The molecule has 1 heterocycles. The number of hydrogen-bond donors (Lipinski definition) is 1. The highest BCUT2D eigenvalue weighted by atomic mass is 32.5. The Morgan fingerprint density at radius 2 is 2.12 bits per heavy atom. The average molecular weight is 367 g/mol. The van der Waals surface area contributed by atoms with E-state index >= 15 is 0 Å². The topological polar surface area (TPSA) is 30.5 Å². The third-order valence-electron chi connectivity index (χ3n) is 4.20. The highest BCUT2D eigenvalue weighted by Gasteiger charge is 2.31. The molecule has 1 aromatic rings. The number of allylic oxidation sites excluding steroid dienone is 2. The molecule has 134 valence electrons. The molecule has 0 aliphatic carbocycles. The summed E-state index contributed by atoms with van der Waals surface area (Å²) in [5, 5.41) is 3.42. The zero-order chi connectivity index (χ0) is 17.4. The zero-order valence-electron chi connectivity index (χ0n) is 15.0. The van der Waals surface area contributed by atoms with Crippen LogP contribution in [0.1, 0.15) is 45.6 Å². The summed E-state index contributed by atoms with van der Waals surface area (Å²) in [5.74, 6) is 0.643. The zero-order valence-corrected chi connectivity index (χ0v) is 16.7. The molecule has 0 radical (unpaired) electrons. The van der Waals surface area contributed by atoms with Crippen molar-refractivity contribution in [1.82, 2.24) is 5.09 Å². The minimum absolute atomic E-state index is 0.258. The van der Waals surface area contributed by atoms with Crippen LogP contribution in [-0.4, -0.2) is 19.3 Å². The van der Waals surface area contributed by atoms with E-state index in [2.05, 4.69) is 56.2 Å². The van der Waals surface area contributed by atoms with E-state index in [1.807, 2.05) is 6.07 Å². The molecule has 3 nitrogen and oxygen atoms in total. The molecule has 0 spiro atoms. The van der Waals surface area contributed by atoms with E-state index in [-0.39, 0.29) is 6.04 Å². The molecule has 0 bridgehead atoms. The van der Waals surface area contributed by atoms with Gasteiger partial charge in [-0.15, -0.1) is 0 Å². The van der Waals surface area contributed by atoms with Gasteiger partial charge in [-0.25, -0.2) is 5.09 Å². The Bertz CT molecular complexity index is 572. The molecule has 24 heavy (non-hydrogen) atoms. The van der Waals surface area contributed by atoms with Crippen molar-refractivity contribution >= 4 is 18.4 Å². The molecule has 2 rings (SSSR count). The van der Waals surface area contributed by atoms with Crippen LogP contribution in [0.5, 0.6) is 0 Å². The SMILES string of the molecule is CC(C)=CCCC(C)CCOP1(=S)N[C@@H](Cc2ccccc2)CO1. The summed E-state index contributed by atoms with van der Waals surface area (Å²) in [7, 11) is 0. The van der Waals surface area contributed by atoms with Crippen LogP contribution in [-0.2, 0) is 27.3 Å². The fraction of sp³-hybridized carbons (Fsp3) is 0.579. The van der Waals surface area contributed by atoms with Gasteiger partial charge in [0.15, 0.2) is 0 Å². The van der Waals surface area contributed by atoms with E-state index in [9.17, 15) is 0 Å². The Balaban J connectivity index is 1.67. The first-order valence-corrected chi connectivity index (χ1v) is 11.4. The van der Waals surface area contributed by atoms with Crippen LogP contribution in [0, 0.1) is 5.92 Å². The molecule has 1 saturated heterocycles. The number of hydrogen-bond acceptors (Lipinski definition) is 3. The first kappa shape index (κ1) is 19.8. The van der Waals surface area contributed by atoms with Gasteiger partial charge in [0.25, 0.3) is 6.64 Å².